The molecule has 0 aliphatic carbocycles. The lowest BCUT2D eigenvalue weighted by Crippen LogP contribution is -2.43. The first-order valence-corrected chi connectivity index (χ1v) is 14.9. The van der Waals surface area contributed by atoms with Crippen molar-refractivity contribution >= 4 is 11.9 Å². The minimum absolute atomic E-state index is 0.274. The Morgan fingerprint density at radius 1 is 1.14 bits per heavy atom. The van der Waals surface area contributed by atoms with Crippen LogP contribution in [0.15, 0.2) is 60.6 Å². The van der Waals surface area contributed by atoms with Crippen LogP contribution in [0.25, 0.3) is 0 Å². The summed E-state index contributed by atoms with van der Waals surface area (Å²) in [5, 5.41) is 6.39. The number of amides is 1. The van der Waals surface area contributed by atoms with Crippen LogP contribution < -0.4 is 15.5 Å². The van der Waals surface area contributed by atoms with Crippen LogP contribution in [0.3, 0.4) is 0 Å². The maximum Gasteiger partial charge on any atom is 0.274 e. The summed E-state index contributed by atoms with van der Waals surface area (Å²) in [5.74, 6) is 0.283. The Morgan fingerprint density at radius 2 is 1.86 bits per heavy atom. The summed E-state index contributed by atoms with van der Waals surface area (Å²) in [5.41, 5.74) is 7.20. The van der Waals surface area contributed by atoms with Crippen LogP contribution in [0.1, 0.15) is 59.4 Å². The Hall–Kier alpha value is -3.53. The van der Waals surface area contributed by atoms with E-state index in [0.717, 1.165) is 77.4 Å². The van der Waals surface area contributed by atoms with Gasteiger partial charge < -0.3 is 29.9 Å². The van der Waals surface area contributed by atoms with Crippen molar-refractivity contribution < 1.29 is 14.3 Å². The van der Waals surface area contributed by atoms with Crippen LogP contribution in [0, 0.1) is 6.92 Å². The highest BCUT2D eigenvalue weighted by atomic mass is 16.5. The summed E-state index contributed by atoms with van der Waals surface area (Å²) in [7, 11) is 3.45. The van der Waals surface area contributed by atoms with Crippen LogP contribution >= 0.6 is 0 Å². The highest BCUT2D eigenvalue weighted by molar-refractivity contribution is 5.94. The fourth-order valence-corrected chi connectivity index (χ4v) is 5.11. The van der Waals surface area contributed by atoms with Gasteiger partial charge in [0.1, 0.15) is 5.69 Å². The second-order valence-electron chi connectivity index (χ2n) is 10.4. The zero-order valence-corrected chi connectivity index (χ0v) is 26.0. The van der Waals surface area contributed by atoms with Crippen molar-refractivity contribution in [2.24, 2.45) is 0 Å². The number of carbonyl (C=O) groups is 1. The predicted molar refractivity (Wildman–Crippen MR) is 169 cm³/mol. The molecule has 1 aromatic heterocycles. The fraction of sp³-hybridized carbons (Fsp3) is 0.485. The number of fused-ring (bicyclic) bond motifs is 1. The molecule has 1 amide bonds. The smallest absolute Gasteiger partial charge is 0.274 e. The average Bonchev–Trinajstić information content (AvgIpc) is 3.43. The number of hydrogen-bond acceptors (Lipinski definition) is 8. The average molecular weight is 577 g/mol. The summed E-state index contributed by atoms with van der Waals surface area (Å²) in [6, 6.07) is 6.23. The van der Waals surface area contributed by atoms with Crippen molar-refractivity contribution in [1.82, 2.24) is 25.5 Å². The standard InChI is InChI=1S/C29H38N6O2.C4H10O/c1-5-8-27(34-14-12-30-13-15-34)25(6-2)32-28(36)26-10-11-31-29(33-26)35-19-23-17-21(3)22(9-7-16-37-4)18-24(23)20-35;1-3-4-5-2/h5-6,8,10-11,17-18,30H,2,7,9,12-16,19-20H2,1,3-4H3,(H,32,36);3-4H2,1-2H3/b8-5-,27-25-;. The largest absolute Gasteiger partial charge is 0.385 e. The number of rotatable bonds is 12. The van der Waals surface area contributed by atoms with E-state index in [9.17, 15) is 4.79 Å². The lowest BCUT2D eigenvalue weighted by atomic mass is 9.98. The number of methoxy groups -OCH3 is 2. The number of carbonyl (C=O) groups excluding carboxylic acids is 1. The first-order valence-electron chi connectivity index (χ1n) is 14.9. The molecule has 2 aliphatic rings. The monoisotopic (exact) mass is 576 g/mol. The van der Waals surface area contributed by atoms with E-state index in [1.807, 2.05) is 19.1 Å². The van der Waals surface area contributed by atoms with E-state index in [2.05, 4.69) is 63.0 Å². The topological polar surface area (TPSA) is 91.9 Å². The Morgan fingerprint density at radius 3 is 2.48 bits per heavy atom. The first-order chi connectivity index (χ1) is 20.4. The normalized spacial score (nSPS) is 15.2. The zero-order chi connectivity index (χ0) is 30.3. The number of aryl methyl sites for hydroxylation is 2. The maximum absolute atomic E-state index is 13.2. The second kappa shape index (κ2) is 17.4. The van der Waals surface area contributed by atoms with Gasteiger partial charge in [-0.05, 0) is 73.6 Å². The number of aromatic nitrogens is 2. The van der Waals surface area contributed by atoms with E-state index in [-0.39, 0.29) is 5.91 Å². The summed E-state index contributed by atoms with van der Waals surface area (Å²) < 4.78 is 9.91. The second-order valence-corrected chi connectivity index (χ2v) is 10.4. The molecular weight excluding hydrogens is 528 g/mol. The molecule has 0 bridgehead atoms. The van der Waals surface area contributed by atoms with Crippen molar-refractivity contribution in [2.45, 2.75) is 53.1 Å². The van der Waals surface area contributed by atoms with Crippen molar-refractivity contribution in [2.75, 3.05) is 58.5 Å². The van der Waals surface area contributed by atoms with Crippen LogP contribution in [-0.2, 0) is 29.0 Å². The molecular formula is C33H48N6O3. The minimum atomic E-state index is -0.274. The van der Waals surface area contributed by atoms with Crippen LogP contribution in [0.5, 0.6) is 0 Å². The molecule has 1 fully saturated rings. The Bertz CT molecular complexity index is 1230. The third-order valence-electron chi connectivity index (χ3n) is 7.25. The number of ether oxygens (including phenoxy) is 2. The zero-order valence-electron chi connectivity index (χ0n) is 26.0. The van der Waals surface area contributed by atoms with E-state index < -0.39 is 0 Å². The number of hydrogen-bond donors (Lipinski definition) is 2. The molecule has 9 heteroatoms. The van der Waals surface area contributed by atoms with Crippen LogP contribution in [0.4, 0.5) is 5.95 Å². The van der Waals surface area contributed by atoms with Gasteiger partial charge in [-0.15, -0.1) is 0 Å². The SMILES string of the molecule is C=C/C(NC(=O)c1ccnc(N2Cc3cc(C)c(CCCOC)cc3C2)n1)=C(\C=C/C)N1CCNCC1.CCCOC. The Labute approximate surface area is 251 Å². The molecule has 1 aromatic carbocycles. The molecule has 0 radical (unpaired) electrons. The van der Waals surface area contributed by atoms with Crippen molar-refractivity contribution in [3.8, 4) is 0 Å². The molecule has 1 saturated heterocycles. The summed E-state index contributed by atoms with van der Waals surface area (Å²) >= 11 is 0. The van der Waals surface area contributed by atoms with Gasteiger partial charge in [-0.3, -0.25) is 4.79 Å². The van der Waals surface area contributed by atoms with Gasteiger partial charge in [0.15, 0.2) is 0 Å². The van der Waals surface area contributed by atoms with Gasteiger partial charge in [0.05, 0.1) is 11.4 Å². The molecule has 2 aliphatic heterocycles. The van der Waals surface area contributed by atoms with Gasteiger partial charge in [0.25, 0.3) is 5.91 Å². The Balaban J connectivity index is 0.000000892. The molecule has 228 valence electrons. The molecule has 2 N–H and O–H groups in total. The van der Waals surface area contributed by atoms with Gasteiger partial charge >= 0.3 is 0 Å². The summed E-state index contributed by atoms with van der Waals surface area (Å²) in [4.78, 5) is 26.7. The molecule has 0 unspecified atom stereocenters. The highest BCUT2D eigenvalue weighted by Gasteiger charge is 2.24. The van der Waals surface area contributed by atoms with Gasteiger partial charge in [0.2, 0.25) is 5.95 Å². The minimum Gasteiger partial charge on any atom is -0.385 e. The van der Waals surface area contributed by atoms with Crippen molar-refractivity contribution in [3.63, 3.8) is 0 Å². The van der Waals surface area contributed by atoms with E-state index in [0.29, 0.717) is 17.3 Å². The molecule has 0 saturated carbocycles. The molecule has 0 spiro atoms. The van der Waals surface area contributed by atoms with Gasteiger partial charge in [-0.25, -0.2) is 9.97 Å². The van der Waals surface area contributed by atoms with Crippen LogP contribution in [-0.4, -0.2) is 74.4 Å². The van der Waals surface area contributed by atoms with Gasteiger partial charge in [-0.1, -0.05) is 31.7 Å². The molecule has 9 nitrogen and oxygen atoms in total. The Kier molecular flexibility index (Phi) is 13.7. The molecule has 4 rings (SSSR count). The number of piperazine rings is 1. The lowest BCUT2D eigenvalue weighted by molar-refractivity contribution is 0.0960. The predicted octanol–water partition coefficient (Wildman–Crippen LogP) is 4.54. The fourth-order valence-electron chi connectivity index (χ4n) is 5.11. The van der Waals surface area contributed by atoms with Crippen LogP contribution in [0.2, 0.25) is 0 Å². The van der Waals surface area contributed by atoms with E-state index in [1.165, 1.54) is 22.3 Å². The summed E-state index contributed by atoms with van der Waals surface area (Å²) in [6.07, 6.45) is 10.5. The number of benzene rings is 1. The van der Waals surface area contributed by atoms with Crippen molar-refractivity contribution in [1.29, 1.82) is 0 Å². The molecule has 2 aromatic rings. The number of nitrogens with zero attached hydrogens (tertiary/aromatic N) is 4. The highest BCUT2D eigenvalue weighted by Crippen LogP contribution is 2.29. The third kappa shape index (κ3) is 9.24. The van der Waals surface area contributed by atoms with E-state index >= 15 is 0 Å². The first kappa shape index (κ1) is 33.0. The molecule has 42 heavy (non-hydrogen) atoms. The quantitative estimate of drug-likeness (QED) is 0.281. The van der Waals surface area contributed by atoms with E-state index in [1.54, 1.807) is 32.6 Å². The van der Waals surface area contributed by atoms with Gasteiger partial charge in [0, 0.05) is 72.9 Å². The molecule has 3 heterocycles. The summed E-state index contributed by atoms with van der Waals surface area (Å²) in [6.45, 7) is 16.8. The number of nitrogens with one attached hydrogen (secondary N) is 2. The van der Waals surface area contributed by atoms with Crippen molar-refractivity contribution in [3.05, 3.63) is 88.5 Å². The number of allylic oxidation sites excluding steroid dienone is 3. The van der Waals surface area contributed by atoms with E-state index in [4.69, 9.17) is 9.47 Å². The molecule has 0 atom stereocenters. The number of anilines is 1. The van der Waals surface area contributed by atoms with Gasteiger partial charge in [-0.2, -0.15) is 0 Å². The third-order valence-corrected chi connectivity index (χ3v) is 7.25. The maximum atomic E-state index is 13.2. The lowest BCUT2D eigenvalue weighted by Gasteiger charge is -2.31.